The predicted molar refractivity (Wildman–Crippen MR) is 108 cm³/mol. The smallest absolute Gasteiger partial charge is 0.416 e. The van der Waals surface area contributed by atoms with E-state index in [-0.39, 0.29) is 16.4 Å². The molecule has 31 heavy (non-hydrogen) atoms. The van der Waals surface area contributed by atoms with Gasteiger partial charge in [-0.25, -0.2) is 18.1 Å². The number of halogens is 3. The second-order valence-electron chi connectivity index (χ2n) is 6.58. The number of imidazole rings is 1. The lowest BCUT2D eigenvalue weighted by molar-refractivity contribution is -0.137. The number of rotatable bonds is 5. The summed E-state index contributed by atoms with van der Waals surface area (Å²) in [6.45, 7) is 0. The number of ether oxygens (including phenoxy) is 1. The maximum Gasteiger partial charge on any atom is 0.416 e. The Bertz CT molecular complexity index is 1310. The van der Waals surface area contributed by atoms with Crippen molar-refractivity contribution < 1.29 is 26.3 Å². The molecule has 2 aromatic carbocycles. The van der Waals surface area contributed by atoms with Crippen LogP contribution in [0.4, 0.5) is 13.2 Å². The molecule has 10 heteroatoms. The summed E-state index contributed by atoms with van der Waals surface area (Å²) < 4.78 is 72.8. The van der Waals surface area contributed by atoms with Gasteiger partial charge in [0, 0.05) is 18.0 Å². The van der Waals surface area contributed by atoms with E-state index in [9.17, 15) is 21.6 Å². The van der Waals surface area contributed by atoms with Crippen molar-refractivity contribution in [3.8, 4) is 22.8 Å². The van der Waals surface area contributed by atoms with Crippen molar-refractivity contribution in [2.45, 2.75) is 11.1 Å². The van der Waals surface area contributed by atoms with E-state index >= 15 is 0 Å². The summed E-state index contributed by atoms with van der Waals surface area (Å²) in [5.41, 5.74) is 0.664. The highest BCUT2D eigenvalue weighted by Crippen LogP contribution is 2.36. The molecule has 160 valence electrons. The number of nitrogens with one attached hydrogen (secondary N) is 1. The number of pyridine rings is 1. The quantitative estimate of drug-likeness (QED) is 0.481. The molecule has 0 unspecified atom stereocenters. The molecule has 0 saturated heterocycles. The Morgan fingerprint density at radius 3 is 2.42 bits per heavy atom. The lowest BCUT2D eigenvalue weighted by atomic mass is 10.1. The number of hydrogen-bond donors (Lipinski definition) is 1. The Hall–Kier alpha value is -3.37. The van der Waals surface area contributed by atoms with Crippen molar-refractivity contribution in [1.29, 1.82) is 0 Å². The fourth-order valence-corrected chi connectivity index (χ4v) is 3.74. The number of alkyl halides is 3. The third kappa shape index (κ3) is 4.25. The van der Waals surface area contributed by atoms with Crippen LogP contribution in [0.25, 0.3) is 16.9 Å². The van der Waals surface area contributed by atoms with Crippen molar-refractivity contribution in [2.24, 2.45) is 0 Å². The fourth-order valence-electron chi connectivity index (χ4n) is 2.99. The maximum absolute atomic E-state index is 12.8. The van der Waals surface area contributed by atoms with Gasteiger partial charge in [0.1, 0.15) is 17.1 Å². The van der Waals surface area contributed by atoms with E-state index < -0.39 is 21.8 Å². The summed E-state index contributed by atoms with van der Waals surface area (Å²) >= 11 is 0. The van der Waals surface area contributed by atoms with Crippen LogP contribution >= 0.6 is 0 Å². The third-order valence-corrected chi connectivity index (χ3v) is 5.99. The summed E-state index contributed by atoms with van der Waals surface area (Å²) in [5.74, 6) is 0.417. The van der Waals surface area contributed by atoms with Gasteiger partial charge in [-0.15, -0.1) is 0 Å². The van der Waals surface area contributed by atoms with Gasteiger partial charge >= 0.3 is 6.18 Å². The predicted octanol–water partition coefficient (Wildman–Crippen LogP) is 4.72. The molecule has 0 aliphatic rings. The molecule has 0 aliphatic heterocycles. The summed E-state index contributed by atoms with van der Waals surface area (Å²) in [7, 11) is -2.44. The van der Waals surface area contributed by atoms with Crippen LogP contribution in [0.15, 0.2) is 78.0 Å². The molecule has 0 fully saturated rings. The minimum Gasteiger partial charge on any atom is -0.457 e. The average molecular weight is 447 g/mol. The monoisotopic (exact) mass is 447 g/mol. The largest absolute Gasteiger partial charge is 0.457 e. The zero-order chi connectivity index (χ0) is 22.2. The maximum atomic E-state index is 12.8. The topological polar surface area (TPSA) is 72.7 Å². The van der Waals surface area contributed by atoms with Crippen LogP contribution in [0.3, 0.4) is 0 Å². The summed E-state index contributed by atoms with van der Waals surface area (Å²) in [4.78, 5) is 4.50. The first kappa shape index (κ1) is 20.9. The highest BCUT2D eigenvalue weighted by Gasteiger charge is 2.30. The van der Waals surface area contributed by atoms with E-state index in [4.69, 9.17) is 4.74 Å². The third-order valence-electron chi connectivity index (χ3n) is 4.58. The molecule has 0 aliphatic carbocycles. The molecule has 0 bridgehead atoms. The zero-order valence-corrected chi connectivity index (χ0v) is 16.9. The first-order chi connectivity index (χ1) is 14.7. The number of benzene rings is 2. The second-order valence-corrected chi connectivity index (χ2v) is 8.47. The first-order valence-electron chi connectivity index (χ1n) is 9.04. The Kier molecular flexibility index (Phi) is 5.19. The van der Waals surface area contributed by atoms with Crippen molar-refractivity contribution in [3.63, 3.8) is 0 Å². The molecule has 1 N–H and O–H groups in total. The molecule has 0 radical (unpaired) electrons. The van der Waals surface area contributed by atoms with Gasteiger partial charge in [0.2, 0.25) is 10.0 Å². The van der Waals surface area contributed by atoms with E-state index in [1.54, 1.807) is 22.9 Å². The Balaban J connectivity index is 1.80. The van der Waals surface area contributed by atoms with Crippen LogP contribution in [0.5, 0.6) is 11.5 Å². The van der Waals surface area contributed by atoms with E-state index in [0.29, 0.717) is 16.9 Å². The van der Waals surface area contributed by atoms with E-state index in [1.807, 2.05) is 12.1 Å². The Morgan fingerprint density at radius 2 is 1.77 bits per heavy atom. The number of nitrogens with zero attached hydrogens (tertiary/aromatic N) is 2. The molecular formula is C21H16F3N3O3S. The summed E-state index contributed by atoms with van der Waals surface area (Å²) in [6, 6.07) is 13.9. The lowest BCUT2D eigenvalue weighted by Gasteiger charge is -2.13. The summed E-state index contributed by atoms with van der Waals surface area (Å²) in [5, 5.41) is 0. The molecule has 2 aromatic heterocycles. The van der Waals surface area contributed by atoms with Crippen molar-refractivity contribution in [2.75, 3.05) is 7.05 Å². The van der Waals surface area contributed by atoms with Gasteiger partial charge in [-0.05, 0) is 61.6 Å². The average Bonchev–Trinajstić information content (AvgIpc) is 3.18. The Labute approximate surface area is 176 Å². The van der Waals surface area contributed by atoms with Gasteiger partial charge in [-0.2, -0.15) is 13.2 Å². The van der Waals surface area contributed by atoms with Crippen LogP contribution in [0.2, 0.25) is 0 Å². The standard InChI is InChI=1S/C21H16F3N3O3S/c1-25-31(28,29)16-9-10-19(30-15-7-5-14(6-8-15)21(22,23)24)17(12-16)18-13-27-11-3-2-4-20(27)26-18/h2-13,25H,1H3. The van der Waals surface area contributed by atoms with Gasteiger partial charge < -0.3 is 9.14 Å². The van der Waals surface area contributed by atoms with Crippen LogP contribution in [-0.4, -0.2) is 24.9 Å². The molecule has 2 heterocycles. The second kappa shape index (κ2) is 7.71. The number of fused-ring (bicyclic) bond motifs is 1. The molecular weight excluding hydrogens is 431 g/mol. The SMILES string of the molecule is CNS(=O)(=O)c1ccc(Oc2ccc(C(F)(F)F)cc2)c(-c2cn3ccccc3n2)c1. The zero-order valence-electron chi connectivity index (χ0n) is 16.1. The minimum absolute atomic E-state index is 0.00169. The molecule has 0 amide bonds. The number of aromatic nitrogens is 2. The van der Waals surface area contributed by atoms with E-state index in [0.717, 1.165) is 12.1 Å². The van der Waals surface area contributed by atoms with Crippen molar-refractivity contribution in [1.82, 2.24) is 14.1 Å². The lowest BCUT2D eigenvalue weighted by Crippen LogP contribution is -2.18. The van der Waals surface area contributed by atoms with Gasteiger partial charge in [-0.1, -0.05) is 6.07 Å². The van der Waals surface area contributed by atoms with Gasteiger partial charge in [-0.3, -0.25) is 0 Å². The summed E-state index contributed by atoms with van der Waals surface area (Å²) in [6.07, 6.45) is -0.958. The Morgan fingerprint density at radius 1 is 1.03 bits per heavy atom. The normalized spacial score (nSPS) is 12.3. The fraction of sp³-hybridized carbons (Fsp3) is 0.0952. The highest BCUT2D eigenvalue weighted by atomic mass is 32.2. The van der Waals surface area contributed by atoms with Crippen LogP contribution in [0.1, 0.15) is 5.56 Å². The minimum atomic E-state index is -4.45. The molecule has 0 atom stereocenters. The molecule has 0 spiro atoms. The molecule has 6 nitrogen and oxygen atoms in total. The van der Waals surface area contributed by atoms with Gasteiger partial charge in [0.25, 0.3) is 0 Å². The van der Waals surface area contributed by atoms with E-state index in [1.165, 1.54) is 37.4 Å². The van der Waals surface area contributed by atoms with E-state index in [2.05, 4.69) is 9.71 Å². The van der Waals surface area contributed by atoms with Gasteiger partial charge in [0.05, 0.1) is 16.2 Å². The molecule has 4 rings (SSSR count). The number of sulfonamides is 1. The van der Waals surface area contributed by atoms with Crippen molar-refractivity contribution >= 4 is 15.7 Å². The van der Waals surface area contributed by atoms with Crippen LogP contribution in [-0.2, 0) is 16.2 Å². The highest BCUT2D eigenvalue weighted by molar-refractivity contribution is 7.89. The van der Waals surface area contributed by atoms with Crippen LogP contribution < -0.4 is 9.46 Å². The first-order valence-corrected chi connectivity index (χ1v) is 10.5. The van der Waals surface area contributed by atoms with Crippen molar-refractivity contribution in [3.05, 3.63) is 78.6 Å². The van der Waals surface area contributed by atoms with Crippen LogP contribution in [0, 0.1) is 0 Å². The molecule has 0 saturated carbocycles. The molecule has 4 aromatic rings. The van der Waals surface area contributed by atoms with Gasteiger partial charge in [0.15, 0.2) is 0 Å². The number of hydrogen-bond acceptors (Lipinski definition) is 4.